The third kappa shape index (κ3) is 2.51. The summed E-state index contributed by atoms with van der Waals surface area (Å²) in [6.45, 7) is 0. The molecule has 1 aromatic carbocycles. The number of imidazole rings is 1. The molecule has 23 heavy (non-hydrogen) atoms. The van der Waals surface area contributed by atoms with Crippen molar-refractivity contribution in [2.45, 2.75) is 0 Å². The van der Waals surface area contributed by atoms with Crippen LogP contribution in [0.3, 0.4) is 0 Å². The largest absolute Gasteiger partial charge is 0.492 e. The minimum atomic E-state index is -0.0619. The average Bonchev–Trinajstić information content (AvgIpc) is 3.13. The number of rotatable bonds is 2. The summed E-state index contributed by atoms with van der Waals surface area (Å²) in [5.41, 5.74) is 3.05. The van der Waals surface area contributed by atoms with E-state index in [0.717, 1.165) is 16.7 Å². The van der Waals surface area contributed by atoms with Crippen molar-refractivity contribution >= 4 is 35.3 Å². The van der Waals surface area contributed by atoms with Gasteiger partial charge in [0.25, 0.3) is 0 Å². The Balaban J connectivity index is 1.75. The van der Waals surface area contributed by atoms with Crippen molar-refractivity contribution in [2.24, 2.45) is 4.99 Å². The number of aromatic hydroxyl groups is 1. The molecule has 4 rings (SSSR count). The molecular weight excluding hydrogens is 312 g/mol. The first-order chi connectivity index (χ1) is 11.2. The first kappa shape index (κ1) is 13.7. The summed E-state index contributed by atoms with van der Waals surface area (Å²) in [5, 5.41) is 10.6. The summed E-state index contributed by atoms with van der Waals surface area (Å²) in [6, 6.07) is 11.4. The van der Waals surface area contributed by atoms with Crippen LogP contribution in [0, 0.1) is 0 Å². The summed E-state index contributed by atoms with van der Waals surface area (Å²) in [6.07, 6.45) is 5.03. The number of aliphatic imine (C=N–C) groups is 1. The Labute approximate surface area is 137 Å². The summed E-state index contributed by atoms with van der Waals surface area (Å²) in [7, 11) is 0. The Morgan fingerprint density at radius 3 is 2.83 bits per heavy atom. The highest BCUT2D eigenvalue weighted by Gasteiger charge is 2.16. The van der Waals surface area contributed by atoms with Crippen LogP contribution in [0.2, 0.25) is 5.02 Å². The number of hydrogen-bond donors (Lipinski definition) is 2. The molecule has 0 aliphatic carbocycles. The number of aromatic amines is 1. The topological polar surface area (TPSA) is 74.2 Å². The zero-order chi connectivity index (χ0) is 15.8. The first-order valence-corrected chi connectivity index (χ1v) is 7.34. The number of nitrogens with one attached hydrogen (secondary N) is 1. The molecule has 2 aromatic heterocycles. The lowest BCUT2D eigenvalue weighted by Gasteiger charge is -1.99. The smallest absolute Gasteiger partial charge is 0.237 e. The standard InChI is InChI=1S/C17H11ClN4O/c18-12-7-13-11(8-19-16(13)20-9-12)6-14-17(23)22-15(21-14)10-4-2-1-3-5-10/h1-9,23H,(H,21,22). The van der Waals surface area contributed by atoms with E-state index in [1.165, 1.54) is 0 Å². The van der Waals surface area contributed by atoms with Gasteiger partial charge in [0.1, 0.15) is 11.5 Å². The molecule has 0 spiro atoms. The van der Waals surface area contributed by atoms with Gasteiger partial charge in [0.05, 0.1) is 5.02 Å². The maximum Gasteiger partial charge on any atom is 0.237 e. The van der Waals surface area contributed by atoms with E-state index in [1.54, 1.807) is 24.6 Å². The summed E-state index contributed by atoms with van der Waals surface area (Å²) < 4.78 is 0. The molecule has 2 N–H and O–H groups in total. The Morgan fingerprint density at radius 2 is 2.00 bits per heavy atom. The molecule has 0 atom stereocenters. The van der Waals surface area contributed by atoms with Crippen LogP contribution in [0.5, 0.6) is 5.88 Å². The van der Waals surface area contributed by atoms with E-state index < -0.39 is 0 Å². The average molecular weight is 323 g/mol. The van der Waals surface area contributed by atoms with Gasteiger partial charge in [-0.15, -0.1) is 0 Å². The highest BCUT2D eigenvalue weighted by molar-refractivity contribution is 6.31. The highest BCUT2D eigenvalue weighted by atomic mass is 35.5. The fourth-order valence-corrected chi connectivity index (χ4v) is 2.59. The van der Waals surface area contributed by atoms with Crippen molar-refractivity contribution in [1.29, 1.82) is 0 Å². The maximum absolute atomic E-state index is 10.1. The van der Waals surface area contributed by atoms with Crippen LogP contribution in [-0.2, 0) is 0 Å². The number of aromatic nitrogens is 3. The Morgan fingerprint density at radius 1 is 1.17 bits per heavy atom. The molecule has 0 unspecified atom stereocenters. The number of benzene rings is 1. The summed E-state index contributed by atoms with van der Waals surface area (Å²) in [5.74, 6) is 1.16. The van der Waals surface area contributed by atoms with E-state index in [4.69, 9.17) is 11.6 Å². The SMILES string of the molecule is Oc1nc(-c2ccccc2)[nH]c1C=C1C=Nc2ncc(Cl)cc21. The van der Waals surface area contributed by atoms with Gasteiger partial charge in [0.15, 0.2) is 5.82 Å². The lowest BCUT2D eigenvalue weighted by Crippen LogP contribution is -1.84. The second-order valence-electron chi connectivity index (χ2n) is 5.07. The van der Waals surface area contributed by atoms with Crippen LogP contribution >= 0.6 is 11.6 Å². The fraction of sp³-hybridized carbons (Fsp3) is 0. The molecule has 112 valence electrons. The number of pyridine rings is 1. The van der Waals surface area contributed by atoms with Crippen LogP contribution in [-0.4, -0.2) is 26.3 Å². The molecule has 0 radical (unpaired) electrons. The van der Waals surface area contributed by atoms with Gasteiger partial charge in [-0.1, -0.05) is 41.9 Å². The molecular formula is C17H11ClN4O. The van der Waals surface area contributed by atoms with Crippen molar-refractivity contribution in [2.75, 3.05) is 0 Å². The van der Waals surface area contributed by atoms with Crippen molar-refractivity contribution in [3.63, 3.8) is 0 Å². The van der Waals surface area contributed by atoms with Crippen LogP contribution in [0.1, 0.15) is 11.3 Å². The van der Waals surface area contributed by atoms with Gasteiger partial charge in [-0.3, -0.25) is 0 Å². The molecule has 6 heteroatoms. The van der Waals surface area contributed by atoms with Gasteiger partial charge in [-0.2, -0.15) is 4.98 Å². The number of halogens is 1. The predicted octanol–water partition coefficient (Wildman–Crippen LogP) is 4.09. The third-order valence-electron chi connectivity index (χ3n) is 3.53. The summed E-state index contributed by atoms with van der Waals surface area (Å²) >= 11 is 5.99. The first-order valence-electron chi connectivity index (χ1n) is 6.97. The molecule has 0 saturated heterocycles. The van der Waals surface area contributed by atoms with Gasteiger partial charge in [-0.25, -0.2) is 9.98 Å². The lowest BCUT2D eigenvalue weighted by molar-refractivity contribution is 0.455. The van der Waals surface area contributed by atoms with Crippen LogP contribution in [0.25, 0.3) is 23.0 Å². The third-order valence-corrected chi connectivity index (χ3v) is 3.74. The Hall–Kier alpha value is -2.92. The van der Waals surface area contributed by atoms with Gasteiger partial charge >= 0.3 is 0 Å². The second-order valence-corrected chi connectivity index (χ2v) is 5.51. The molecule has 0 saturated carbocycles. The number of hydrogen-bond acceptors (Lipinski definition) is 4. The second kappa shape index (κ2) is 5.37. The van der Waals surface area contributed by atoms with Gasteiger partial charge in [-0.05, 0) is 12.1 Å². The van der Waals surface area contributed by atoms with E-state index in [2.05, 4.69) is 19.9 Å². The molecule has 0 fully saturated rings. The number of allylic oxidation sites excluding steroid dienone is 1. The van der Waals surface area contributed by atoms with E-state index >= 15 is 0 Å². The van der Waals surface area contributed by atoms with Crippen molar-refractivity contribution in [3.8, 4) is 17.3 Å². The molecule has 1 aliphatic rings. The predicted molar refractivity (Wildman–Crippen MR) is 91.0 cm³/mol. The quantitative estimate of drug-likeness (QED) is 0.746. The number of H-pyrrole nitrogens is 1. The summed E-state index contributed by atoms with van der Waals surface area (Å²) in [4.78, 5) is 15.7. The van der Waals surface area contributed by atoms with Crippen molar-refractivity contribution in [1.82, 2.24) is 15.0 Å². The molecule has 0 amide bonds. The van der Waals surface area contributed by atoms with E-state index in [-0.39, 0.29) is 5.88 Å². The fourth-order valence-electron chi connectivity index (χ4n) is 2.43. The minimum absolute atomic E-state index is 0.0619. The highest BCUT2D eigenvalue weighted by Crippen LogP contribution is 2.33. The molecule has 0 bridgehead atoms. The van der Waals surface area contributed by atoms with Crippen molar-refractivity contribution < 1.29 is 5.11 Å². The van der Waals surface area contributed by atoms with Gasteiger partial charge < -0.3 is 10.1 Å². The molecule has 3 aromatic rings. The number of nitrogens with zero attached hydrogens (tertiary/aromatic N) is 3. The molecule has 5 nitrogen and oxygen atoms in total. The minimum Gasteiger partial charge on any atom is -0.492 e. The van der Waals surface area contributed by atoms with E-state index in [0.29, 0.717) is 22.4 Å². The lowest BCUT2D eigenvalue weighted by atomic mass is 10.1. The van der Waals surface area contributed by atoms with Crippen molar-refractivity contribution in [3.05, 3.63) is 58.9 Å². The maximum atomic E-state index is 10.1. The Bertz CT molecular complexity index is 944. The number of fused-ring (bicyclic) bond motifs is 1. The van der Waals surface area contributed by atoms with Crippen LogP contribution in [0.4, 0.5) is 5.82 Å². The zero-order valence-electron chi connectivity index (χ0n) is 11.9. The van der Waals surface area contributed by atoms with E-state index in [1.807, 2.05) is 30.3 Å². The zero-order valence-corrected chi connectivity index (χ0v) is 12.6. The van der Waals surface area contributed by atoms with E-state index in [9.17, 15) is 5.11 Å². The van der Waals surface area contributed by atoms with Gasteiger partial charge in [0, 0.05) is 29.1 Å². The molecule has 1 aliphatic heterocycles. The molecule has 3 heterocycles. The van der Waals surface area contributed by atoms with Gasteiger partial charge in [0.2, 0.25) is 5.88 Å². The van der Waals surface area contributed by atoms with Crippen LogP contribution in [0.15, 0.2) is 47.6 Å². The normalized spacial score (nSPS) is 14.4. The Kier molecular flexibility index (Phi) is 3.20. The van der Waals surface area contributed by atoms with Crippen LogP contribution < -0.4 is 0 Å². The monoisotopic (exact) mass is 322 g/mol.